The van der Waals surface area contributed by atoms with Crippen molar-refractivity contribution < 1.29 is 5.11 Å². The molecule has 1 nitrogen and oxygen atoms in total. The van der Waals surface area contributed by atoms with E-state index >= 15 is 0 Å². The molecule has 0 aromatic rings. The number of aliphatic hydroxyl groups is 1. The highest BCUT2D eigenvalue weighted by Crippen LogP contribution is 2.14. The van der Waals surface area contributed by atoms with Crippen molar-refractivity contribution in [3.8, 4) is 0 Å². The molecule has 0 rings (SSSR count). The van der Waals surface area contributed by atoms with Gasteiger partial charge in [0.15, 0.2) is 0 Å². The highest BCUT2D eigenvalue weighted by molar-refractivity contribution is 5.28. The molecule has 0 amide bonds. The van der Waals surface area contributed by atoms with Gasteiger partial charge in [0.1, 0.15) is 5.76 Å². The van der Waals surface area contributed by atoms with E-state index in [1.54, 1.807) is 18.2 Å². The van der Waals surface area contributed by atoms with E-state index in [1.165, 1.54) is 0 Å². The first-order valence-electron chi connectivity index (χ1n) is 3.81. The average Bonchev–Trinajstić information content (AvgIpc) is 1.88. The van der Waals surface area contributed by atoms with Crippen LogP contribution in [0.15, 0.2) is 36.1 Å². The Balaban J connectivity index is 4.67. The fraction of sp³-hybridized carbons (Fsp3) is 0.400. The molecule has 0 heterocycles. The monoisotopic (exact) mass is 152 g/mol. The zero-order chi connectivity index (χ0) is 8.85. The van der Waals surface area contributed by atoms with Gasteiger partial charge in [-0.15, -0.1) is 0 Å². The van der Waals surface area contributed by atoms with Crippen LogP contribution in [0.2, 0.25) is 0 Å². The lowest BCUT2D eigenvalue weighted by Gasteiger charge is -2.06. The molecule has 0 aromatic heterocycles. The van der Waals surface area contributed by atoms with Crippen LogP contribution >= 0.6 is 0 Å². The Morgan fingerprint density at radius 3 is 2.27 bits per heavy atom. The van der Waals surface area contributed by atoms with Crippen molar-refractivity contribution in [2.45, 2.75) is 20.8 Å². The Bertz CT molecular complexity index is 185. The van der Waals surface area contributed by atoms with E-state index in [9.17, 15) is 5.11 Å². The molecule has 0 aliphatic carbocycles. The Morgan fingerprint density at radius 2 is 2.00 bits per heavy atom. The minimum atomic E-state index is 0.317. The predicted octanol–water partition coefficient (Wildman–Crippen LogP) is 3.22. The van der Waals surface area contributed by atoms with E-state index in [0.29, 0.717) is 11.7 Å². The molecule has 0 bridgehead atoms. The summed E-state index contributed by atoms with van der Waals surface area (Å²) in [7, 11) is 0. The number of hydrogen-bond acceptors (Lipinski definition) is 1. The average molecular weight is 152 g/mol. The van der Waals surface area contributed by atoms with Gasteiger partial charge in [0.2, 0.25) is 0 Å². The Hall–Kier alpha value is -0.980. The fourth-order valence-electron chi connectivity index (χ4n) is 0.890. The predicted molar refractivity (Wildman–Crippen MR) is 49.5 cm³/mol. The first-order valence-corrected chi connectivity index (χ1v) is 3.81. The summed E-state index contributed by atoms with van der Waals surface area (Å²) < 4.78 is 0. The molecule has 0 aromatic carbocycles. The lowest BCUT2D eigenvalue weighted by Crippen LogP contribution is -1.94. The third-order valence-corrected chi connectivity index (χ3v) is 1.46. The van der Waals surface area contributed by atoms with Gasteiger partial charge in [-0.05, 0) is 24.5 Å². The van der Waals surface area contributed by atoms with E-state index in [-0.39, 0.29) is 0 Å². The molecule has 0 fully saturated rings. The Kier molecular flexibility index (Phi) is 4.35. The minimum absolute atomic E-state index is 0.317. The molecule has 0 atom stereocenters. The first-order chi connectivity index (χ1) is 5.13. The SMILES string of the molecule is C=C/C(=C(O)\C=C/C)C(C)C. The molecule has 0 saturated carbocycles. The number of rotatable bonds is 3. The molecule has 62 valence electrons. The van der Waals surface area contributed by atoms with Crippen molar-refractivity contribution in [1.82, 2.24) is 0 Å². The van der Waals surface area contributed by atoms with Crippen LogP contribution in [0.5, 0.6) is 0 Å². The van der Waals surface area contributed by atoms with Crippen LogP contribution in [0.3, 0.4) is 0 Å². The second kappa shape index (κ2) is 4.78. The van der Waals surface area contributed by atoms with Crippen molar-refractivity contribution >= 4 is 0 Å². The highest BCUT2D eigenvalue weighted by Gasteiger charge is 2.02. The van der Waals surface area contributed by atoms with Crippen LogP contribution in [0.1, 0.15) is 20.8 Å². The smallest absolute Gasteiger partial charge is 0.118 e. The Labute approximate surface area is 68.7 Å². The van der Waals surface area contributed by atoms with Gasteiger partial charge in [0.25, 0.3) is 0 Å². The maximum Gasteiger partial charge on any atom is 0.118 e. The number of hydrogen-bond donors (Lipinski definition) is 1. The normalized spacial score (nSPS) is 13.8. The highest BCUT2D eigenvalue weighted by atomic mass is 16.3. The van der Waals surface area contributed by atoms with E-state index in [1.807, 2.05) is 20.8 Å². The van der Waals surface area contributed by atoms with Gasteiger partial charge < -0.3 is 5.11 Å². The molecule has 0 unspecified atom stereocenters. The molecule has 0 radical (unpaired) electrons. The number of allylic oxidation sites excluding steroid dienone is 4. The molecule has 1 heteroatoms. The number of aliphatic hydroxyl groups excluding tert-OH is 1. The van der Waals surface area contributed by atoms with Gasteiger partial charge >= 0.3 is 0 Å². The van der Waals surface area contributed by atoms with Crippen LogP contribution in [-0.2, 0) is 0 Å². The quantitative estimate of drug-likeness (QED) is 0.486. The summed E-state index contributed by atoms with van der Waals surface area (Å²) >= 11 is 0. The topological polar surface area (TPSA) is 20.2 Å². The summed E-state index contributed by atoms with van der Waals surface area (Å²) in [5.74, 6) is 0.640. The van der Waals surface area contributed by atoms with E-state index in [2.05, 4.69) is 6.58 Å². The summed E-state index contributed by atoms with van der Waals surface area (Å²) in [6, 6.07) is 0. The van der Waals surface area contributed by atoms with Gasteiger partial charge in [-0.25, -0.2) is 0 Å². The maximum absolute atomic E-state index is 9.40. The lowest BCUT2D eigenvalue weighted by atomic mass is 10.0. The van der Waals surface area contributed by atoms with Gasteiger partial charge in [0, 0.05) is 0 Å². The van der Waals surface area contributed by atoms with Crippen molar-refractivity contribution in [2.24, 2.45) is 5.92 Å². The molecule has 11 heavy (non-hydrogen) atoms. The molecule has 0 spiro atoms. The van der Waals surface area contributed by atoms with Crippen LogP contribution in [0, 0.1) is 5.92 Å². The zero-order valence-corrected chi connectivity index (χ0v) is 7.46. The van der Waals surface area contributed by atoms with Crippen molar-refractivity contribution in [3.05, 3.63) is 36.1 Å². The summed E-state index contributed by atoms with van der Waals surface area (Å²) in [6.45, 7) is 9.56. The second-order valence-electron chi connectivity index (χ2n) is 2.70. The zero-order valence-electron chi connectivity index (χ0n) is 7.46. The molecule has 1 N–H and O–H groups in total. The Morgan fingerprint density at radius 1 is 1.45 bits per heavy atom. The summed E-state index contributed by atoms with van der Waals surface area (Å²) in [4.78, 5) is 0. The third-order valence-electron chi connectivity index (χ3n) is 1.46. The minimum Gasteiger partial charge on any atom is -0.508 e. The summed E-state index contributed by atoms with van der Waals surface area (Å²) in [5, 5.41) is 9.40. The third kappa shape index (κ3) is 3.08. The van der Waals surface area contributed by atoms with Crippen LogP contribution in [-0.4, -0.2) is 5.11 Å². The van der Waals surface area contributed by atoms with E-state index in [4.69, 9.17) is 0 Å². The largest absolute Gasteiger partial charge is 0.508 e. The van der Waals surface area contributed by atoms with Crippen molar-refractivity contribution in [3.63, 3.8) is 0 Å². The van der Waals surface area contributed by atoms with Gasteiger partial charge in [0.05, 0.1) is 0 Å². The van der Waals surface area contributed by atoms with Crippen molar-refractivity contribution in [1.29, 1.82) is 0 Å². The van der Waals surface area contributed by atoms with Gasteiger partial charge in [-0.2, -0.15) is 0 Å². The standard InChI is InChI=1S/C10H16O/c1-5-7-10(11)9(6-2)8(3)4/h5-8,11H,2H2,1,3-4H3/b7-5-,10-9-. The van der Waals surface area contributed by atoms with Crippen LogP contribution in [0.4, 0.5) is 0 Å². The fourth-order valence-corrected chi connectivity index (χ4v) is 0.890. The lowest BCUT2D eigenvalue weighted by molar-refractivity contribution is 0.420. The molecule has 0 saturated heterocycles. The van der Waals surface area contributed by atoms with Gasteiger partial charge in [-0.1, -0.05) is 32.6 Å². The first kappa shape index (κ1) is 10.0. The molecular formula is C10H16O. The van der Waals surface area contributed by atoms with Crippen molar-refractivity contribution in [2.75, 3.05) is 0 Å². The maximum atomic E-state index is 9.40. The van der Waals surface area contributed by atoms with Crippen LogP contribution in [0.25, 0.3) is 0 Å². The summed E-state index contributed by atoms with van der Waals surface area (Å²) in [6.07, 6.45) is 5.18. The molecular weight excluding hydrogens is 136 g/mol. The van der Waals surface area contributed by atoms with Gasteiger partial charge in [-0.3, -0.25) is 0 Å². The molecule has 0 aliphatic rings. The molecule has 0 aliphatic heterocycles. The second-order valence-corrected chi connectivity index (χ2v) is 2.70. The van der Waals surface area contributed by atoms with E-state index < -0.39 is 0 Å². The van der Waals surface area contributed by atoms with Crippen LogP contribution < -0.4 is 0 Å². The summed E-state index contributed by atoms with van der Waals surface area (Å²) in [5.41, 5.74) is 0.892. The van der Waals surface area contributed by atoms with E-state index in [0.717, 1.165) is 5.57 Å².